The van der Waals surface area contributed by atoms with Crippen LogP contribution in [0.1, 0.15) is 57.3 Å². The van der Waals surface area contributed by atoms with Gasteiger partial charge in [-0.05, 0) is 56.0 Å². The van der Waals surface area contributed by atoms with E-state index in [1.165, 1.54) is 43.5 Å². The van der Waals surface area contributed by atoms with Gasteiger partial charge in [-0.3, -0.25) is 4.68 Å². The minimum atomic E-state index is 0.665. The molecule has 0 spiro atoms. The summed E-state index contributed by atoms with van der Waals surface area (Å²) in [6.07, 6.45) is 9.30. The molecule has 0 amide bonds. The molecule has 3 rings (SSSR count). The third-order valence-corrected chi connectivity index (χ3v) is 5.66. The normalized spacial score (nSPS) is 29.2. The van der Waals surface area contributed by atoms with E-state index in [0.29, 0.717) is 6.04 Å². The van der Waals surface area contributed by atoms with E-state index >= 15 is 0 Å². The zero-order valence-corrected chi connectivity index (χ0v) is 13.9. The fourth-order valence-corrected chi connectivity index (χ4v) is 4.48. The van der Waals surface area contributed by atoms with Gasteiger partial charge in [-0.15, -0.1) is 0 Å². The molecular formula is C18H31N3. The molecule has 2 saturated carbocycles. The van der Waals surface area contributed by atoms with Gasteiger partial charge in [-0.25, -0.2) is 0 Å². The molecule has 0 aromatic carbocycles. The number of rotatable bonds is 7. The Morgan fingerprint density at radius 3 is 2.57 bits per heavy atom. The predicted octanol–water partition coefficient (Wildman–Crippen LogP) is 3.33. The predicted molar refractivity (Wildman–Crippen MR) is 87.3 cm³/mol. The summed E-state index contributed by atoms with van der Waals surface area (Å²) in [5.41, 5.74) is 2.64. The Labute approximate surface area is 129 Å². The molecule has 3 heteroatoms. The second-order valence-corrected chi connectivity index (χ2v) is 7.06. The van der Waals surface area contributed by atoms with Crippen molar-refractivity contribution in [1.29, 1.82) is 0 Å². The first kappa shape index (κ1) is 15.1. The molecule has 2 aliphatic carbocycles. The lowest BCUT2D eigenvalue weighted by Crippen LogP contribution is -2.35. The van der Waals surface area contributed by atoms with Crippen LogP contribution in [0.25, 0.3) is 0 Å². The highest BCUT2D eigenvalue weighted by Gasteiger charge is 2.53. The Morgan fingerprint density at radius 2 is 2.00 bits per heavy atom. The van der Waals surface area contributed by atoms with Crippen LogP contribution in [0.5, 0.6) is 0 Å². The van der Waals surface area contributed by atoms with Crippen LogP contribution in [0.15, 0.2) is 6.07 Å². The van der Waals surface area contributed by atoms with E-state index in [9.17, 15) is 0 Å². The molecule has 2 fully saturated rings. The molecule has 1 heterocycles. The van der Waals surface area contributed by atoms with Gasteiger partial charge in [-0.2, -0.15) is 5.10 Å². The molecule has 3 unspecified atom stereocenters. The van der Waals surface area contributed by atoms with Gasteiger partial charge >= 0.3 is 0 Å². The molecular weight excluding hydrogens is 258 g/mol. The van der Waals surface area contributed by atoms with Crippen LogP contribution in [0.4, 0.5) is 0 Å². The molecule has 0 saturated heterocycles. The maximum Gasteiger partial charge on any atom is 0.0624 e. The van der Waals surface area contributed by atoms with Gasteiger partial charge in [0.05, 0.1) is 5.69 Å². The van der Waals surface area contributed by atoms with Crippen LogP contribution in [-0.2, 0) is 19.9 Å². The first-order valence-electron chi connectivity index (χ1n) is 8.99. The van der Waals surface area contributed by atoms with Crippen molar-refractivity contribution < 1.29 is 0 Å². The van der Waals surface area contributed by atoms with Crippen molar-refractivity contribution in [3.63, 3.8) is 0 Å². The summed E-state index contributed by atoms with van der Waals surface area (Å²) in [6.45, 7) is 5.61. The summed E-state index contributed by atoms with van der Waals surface area (Å²) in [5.74, 6) is 2.97. The molecule has 118 valence electrons. The highest BCUT2D eigenvalue weighted by atomic mass is 15.3. The summed E-state index contributed by atoms with van der Waals surface area (Å²) in [4.78, 5) is 0. The lowest BCUT2D eigenvalue weighted by molar-refractivity contribution is 0.419. The lowest BCUT2D eigenvalue weighted by atomic mass is 10.0. The standard InChI is InChI=1S/C18H31N3/c1-4-10-19-17(18-15-8-6-7-9-16(15)18)12-14-11-13(5-2)20-21(14)3/h11,15-19H,4-10,12H2,1-3H3. The Hall–Kier alpha value is -0.830. The van der Waals surface area contributed by atoms with Gasteiger partial charge in [0.25, 0.3) is 0 Å². The highest BCUT2D eigenvalue weighted by molar-refractivity contribution is 5.14. The van der Waals surface area contributed by atoms with E-state index in [-0.39, 0.29) is 0 Å². The quantitative estimate of drug-likeness (QED) is 0.834. The smallest absolute Gasteiger partial charge is 0.0624 e. The second-order valence-electron chi connectivity index (χ2n) is 7.06. The Bertz CT molecular complexity index is 453. The van der Waals surface area contributed by atoms with Gasteiger partial charge in [0, 0.05) is 25.2 Å². The summed E-state index contributed by atoms with van der Waals surface area (Å²) in [6, 6.07) is 2.98. The van der Waals surface area contributed by atoms with Crippen molar-refractivity contribution in [3.8, 4) is 0 Å². The summed E-state index contributed by atoms with van der Waals surface area (Å²) in [5, 5.41) is 8.47. The van der Waals surface area contributed by atoms with Crippen molar-refractivity contribution in [2.75, 3.05) is 6.54 Å². The first-order chi connectivity index (χ1) is 10.2. The van der Waals surface area contributed by atoms with E-state index in [0.717, 1.165) is 37.1 Å². The van der Waals surface area contributed by atoms with Gasteiger partial charge in [0.15, 0.2) is 0 Å². The Kier molecular flexibility index (Phi) is 4.68. The van der Waals surface area contributed by atoms with Crippen molar-refractivity contribution in [2.45, 2.75) is 64.8 Å². The highest BCUT2D eigenvalue weighted by Crippen LogP contribution is 2.57. The number of nitrogens with zero attached hydrogens (tertiary/aromatic N) is 2. The summed E-state index contributed by atoms with van der Waals surface area (Å²) in [7, 11) is 2.10. The van der Waals surface area contributed by atoms with Crippen LogP contribution >= 0.6 is 0 Å². The summed E-state index contributed by atoms with van der Waals surface area (Å²) < 4.78 is 2.10. The zero-order valence-electron chi connectivity index (χ0n) is 13.9. The number of aromatic nitrogens is 2. The number of hydrogen-bond acceptors (Lipinski definition) is 2. The van der Waals surface area contributed by atoms with E-state index in [2.05, 4.69) is 42.1 Å². The largest absolute Gasteiger partial charge is 0.313 e. The molecule has 1 N–H and O–H groups in total. The fourth-order valence-electron chi connectivity index (χ4n) is 4.48. The van der Waals surface area contributed by atoms with Crippen molar-refractivity contribution >= 4 is 0 Å². The van der Waals surface area contributed by atoms with Crippen LogP contribution in [0, 0.1) is 17.8 Å². The molecule has 21 heavy (non-hydrogen) atoms. The van der Waals surface area contributed by atoms with Crippen LogP contribution in [0.3, 0.4) is 0 Å². The molecule has 1 aromatic heterocycles. The van der Waals surface area contributed by atoms with Crippen LogP contribution in [-0.4, -0.2) is 22.4 Å². The van der Waals surface area contributed by atoms with E-state index < -0.39 is 0 Å². The van der Waals surface area contributed by atoms with E-state index in [1.807, 2.05) is 0 Å². The van der Waals surface area contributed by atoms with Gasteiger partial charge in [0.1, 0.15) is 0 Å². The lowest BCUT2D eigenvalue weighted by Gasteiger charge is -2.19. The van der Waals surface area contributed by atoms with Gasteiger partial charge in [-0.1, -0.05) is 26.7 Å². The molecule has 2 aliphatic rings. The van der Waals surface area contributed by atoms with Crippen LogP contribution in [0.2, 0.25) is 0 Å². The maximum atomic E-state index is 4.62. The van der Waals surface area contributed by atoms with Crippen molar-refractivity contribution in [2.24, 2.45) is 24.8 Å². The van der Waals surface area contributed by atoms with E-state index in [1.54, 1.807) is 0 Å². The third kappa shape index (κ3) is 3.18. The average Bonchev–Trinajstić information content (AvgIpc) is 3.12. The summed E-state index contributed by atoms with van der Waals surface area (Å²) >= 11 is 0. The first-order valence-corrected chi connectivity index (χ1v) is 8.99. The molecule has 1 aromatic rings. The fraction of sp³-hybridized carbons (Fsp3) is 0.833. The van der Waals surface area contributed by atoms with Crippen molar-refractivity contribution in [3.05, 3.63) is 17.5 Å². The monoisotopic (exact) mass is 289 g/mol. The SMILES string of the molecule is CCCNC(Cc1cc(CC)nn1C)C1C2CCCCC21. The van der Waals surface area contributed by atoms with Gasteiger partial charge < -0.3 is 5.32 Å². The number of hydrogen-bond donors (Lipinski definition) is 1. The molecule has 0 radical (unpaired) electrons. The number of fused-ring (bicyclic) bond motifs is 1. The second kappa shape index (κ2) is 6.51. The minimum Gasteiger partial charge on any atom is -0.313 e. The topological polar surface area (TPSA) is 29.9 Å². The zero-order chi connectivity index (χ0) is 14.8. The van der Waals surface area contributed by atoms with E-state index in [4.69, 9.17) is 0 Å². The Morgan fingerprint density at radius 1 is 1.29 bits per heavy atom. The number of nitrogens with one attached hydrogen (secondary N) is 1. The average molecular weight is 289 g/mol. The molecule has 0 aliphatic heterocycles. The minimum absolute atomic E-state index is 0.665. The van der Waals surface area contributed by atoms with Crippen molar-refractivity contribution in [1.82, 2.24) is 15.1 Å². The third-order valence-electron chi connectivity index (χ3n) is 5.66. The number of aryl methyl sites for hydroxylation is 2. The molecule has 3 nitrogen and oxygen atoms in total. The molecule has 0 bridgehead atoms. The maximum absolute atomic E-state index is 4.62. The molecule has 3 atom stereocenters. The van der Waals surface area contributed by atoms with Gasteiger partial charge in [0.2, 0.25) is 0 Å². The Balaban J connectivity index is 1.68. The van der Waals surface area contributed by atoms with Crippen LogP contribution < -0.4 is 5.32 Å².